The van der Waals surface area contributed by atoms with E-state index in [0.29, 0.717) is 12.8 Å². The molecule has 1 atom stereocenters. The molecule has 0 fully saturated rings. The minimum Gasteiger partial charge on any atom is -0.480 e. The van der Waals surface area contributed by atoms with Crippen LogP contribution < -0.4 is 11.1 Å². The van der Waals surface area contributed by atoms with E-state index in [9.17, 15) is 14.5 Å². The monoisotopic (exact) mass is 280 g/mol. The van der Waals surface area contributed by atoms with Crippen molar-refractivity contribution in [1.29, 1.82) is 0 Å². The number of urea groups is 1. The van der Waals surface area contributed by atoms with Crippen LogP contribution in [0, 0.1) is 4.91 Å². The molecule has 0 bridgehead atoms. The maximum Gasteiger partial charge on any atom is 0.340 e. The summed E-state index contributed by atoms with van der Waals surface area (Å²) in [5.74, 6) is -0.827. The van der Waals surface area contributed by atoms with Gasteiger partial charge in [-0.3, -0.25) is 4.79 Å². The number of halogens is 1. The van der Waals surface area contributed by atoms with Crippen molar-refractivity contribution in [3.05, 3.63) is 4.91 Å². The third-order valence-electron chi connectivity index (χ3n) is 2.16. The molecule has 0 rings (SSSR count). The van der Waals surface area contributed by atoms with Gasteiger partial charge in [-0.05, 0) is 19.3 Å². The first kappa shape index (κ1) is 16.6. The third-order valence-corrected chi connectivity index (χ3v) is 2.34. The molecule has 0 spiro atoms. The van der Waals surface area contributed by atoms with E-state index in [1.165, 1.54) is 0 Å². The smallest absolute Gasteiger partial charge is 0.340 e. The summed E-state index contributed by atoms with van der Waals surface area (Å²) >= 11 is 5.37. The lowest BCUT2D eigenvalue weighted by Gasteiger charge is -2.14. The van der Waals surface area contributed by atoms with Crippen LogP contribution in [0.15, 0.2) is 5.29 Å². The van der Waals surface area contributed by atoms with E-state index in [1.807, 2.05) is 0 Å². The van der Waals surface area contributed by atoms with Crippen LogP contribution in [0.25, 0.3) is 0 Å². The largest absolute Gasteiger partial charge is 0.480 e. The Bertz CT molecular complexity index is 290. The van der Waals surface area contributed by atoms with Gasteiger partial charge in [-0.1, -0.05) is 0 Å². The van der Waals surface area contributed by atoms with Crippen molar-refractivity contribution in [3.8, 4) is 0 Å². The second-order valence-corrected chi connectivity index (χ2v) is 3.94. The molecule has 0 radical (unpaired) electrons. The number of amides is 2. The first-order valence-electron chi connectivity index (χ1n) is 5.46. The van der Waals surface area contributed by atoms with Crippen LogP contribution in [0.1, 0.15) is 19.3 Å². The van der Waals surface area contributed by atoms with Gasteiger partial charge < -0.3 is 16.2 Å². The summed E-state index contributed by atoms with van der Waals surface area (Å²) < 4.78 is 0. The number of hydrogen-bond donors (Lipinski definition) is 3. The summed E-state index contributed by atoms with van der Waals surface area (Å²) in [5, 5.41) is 14.2. The average Bonchev–Trinajstić information content (AvgIpc) is 2.35. The van der Waals surface area contributed by atoms with Crippen molar-refractivity contribution < 1.29 is 14.7 Å². The van der Waals surface area contributed by atoms with Gasteiger partial charge in [-0.2, -0.15) is 5.01 Å². The number of alkyl halides is 1. The molecule has 18 heavy (non-hydrogen) atoms. The number of nitrogens with zero attached hydrogens (tertiary/aromatic N) is 2. The number of carboxylic acid groups (broad SMARTS) is 1. The van der Waals surface area contributed by atoms with Gasteiger partial charge in [0.1, 0.15) is 6.04 Å². The zero-order chi connectivity index (χ0) is 14.0. The summed E-state index contributed by atoms with van der Waals surface area (Å²) in [6.07, 6.45) is 1.22. The Morgan fingerprint density at radius 3 is 2.61 bits per heavy atom. The standard InChI is InChI=1S/C9H17ClN4O4/c10-4-5-12-9(17)14(13-18)6-2-1-3-7(11)8(15)16/h7H,1-6,11H2,(H,12,17)(H,15,16)/t7-/m0/s1. The van der Waals surface area contributed by atoms with Gasteiger partial charge >= 0.3 is 12.0 Å². The molecule has 4 N–H and O–H groups in total. The van der Waals surface area contributed by atoms with Gasteiger partial charge in [0.2, 0.25) is 0 Å². The molecule has 0 unspecified atom stereocenters. The molecule has 0 aromatic rings. The van der Waals surface area contributed by atoms with Crippen LogP contribution in [0.5, 0.6) is 0 Å². The van der Waals surface area contributed by atoms with Crippen molar-refractivity contribution in [1.82, 2.24) is 10.3 Å². The molecule has 0 aliphatic heterocycles. The zero-order valence-corrected chi connectivity index (χ0v) is 10.6. The van der Waals surface area contributed by atoms with Crippen LogP contribution in [-0.2, 0) is 4.79 Å². The minimum absolute atomic E-state index is 0.115. The summed E-state index contributed by atoms with van der Waals surface area (Å²) in [6, 6.07) is -1.54. The summed E-state index contributed by atoms with van der Waals surface area (Å²) in [4.78, 5) is 32.2. The third kappa shape index (κ3) is 7.02. The second kappa shape index (κ2) is 9.60. The highest BCUT2D eigenvalue weighted by atomic mass is 35.5. The molecule has 0 saturated heterocycles. The molecule has 2 amide bonds. The number of rotatable bonds is 9. The Kier molecular flexibility index (Phi) is 8.85. The van der Waals surface area contributed by atoms with Crippen LogP contribution in [-0.4, -0.2) is 47.1 Å². The molecule has 9 heteroatoms. The average molecular weight is 281 g/mol. The fourth-order valence-electron chi connectivity index (χ4n) is 1.17. The summed E-state index contributed by atoms with van der Waals surface area (Å²) in [6.45, 7) is 0.361. The van der Waals surface area contributed by atoms with Crippen molar-refractivity contribution in [2.45, 2.75) is 25.3 Å². The predicted octanol–water partition coefficient (Wildman–Crippen LogP) is 0.500. The lowest BCUT2D eigenvalue weighted by atomic mass is 10.1. The summed E-state index contributed by atoms with van der Waals surface area (Å²) in [7, 11) is 0. The normalized spacial score (nSPS) is 11.7. The van der Waals surface area contributed by atoms with Gasteiger partial charge in [-0.15, -0.1) is 16.5 Å². The van der Waals surface area contributed by atoms with Crippen LogP contribution in [0.3, 0.4) is 0 Å². The van der Waals surface area contributed by atoms with Gasteiger partial charge in [0.25, 0.3) is 0 Å². The van der Waals surface area contributed by atoms with E-state index in [1.54, 1.807) is 0 Å². The topological polar surface area (TPSA) is 125 Å². The molecule has 0 saturated carbocycles. The minimum atomic E-state index is -1.07. The molecular formula is C9H17ClN4O4. The number of carbonyl (C=O) groups is 2. The SMILES string of the molecule is N[C@@H](CCCCN(N=O)C(=O)NCCCl)C(=O)O. The van der Waals surface area contributed by atoms with Crippen molar-refractivity contribution in [2.24, 2.45) is 11.0 Å². The predicted molar refractivity (Wildman–Crippen MR) is 66.1 cm³/mol. The molecule has 104 valence electrons. The van der Waals surface area contributed by atoms with E-state index < -0.39 is 18.0 Å². The lowest BCUT2D eigenvalue weighted by molar-refractivity contribution is -0.138. The van der Waals surface area contributed by atoms with Crippen LogP contribution >= 0.6 is 11.6 Å². The zero-order valence-electron chi connectivity index (χ0n) is 9.84. The first-order chi connectivity index (χ1) is 8.52. The number of nitroso groups, excluding NO2 is 1. The van der Waals surface area contributed by atoms with Gasteiger partial charge in [0.05, 0.1) is 5.29 Å². The Morgan fingerprint density at radius 1 is 1.44 bits per heavy atom. The fraction of sp³-hybridized carbons (Fsp3) is 0.778. The fourth-order valence-corrected chi connectivity index (χ4v) is 1.27. The van der Waals surface area contributed by atoms with E-state index >= 15 is 0 Å². The van der Waals surface area contributed by atoms with E-state index in [0.717, 1.165) is 5.01 Å². The molecule has 0 aromatic carbocycles. The molecule has 0 aromatic heterocycles. The maximum atomic E-state index is 11.3. The highest BCUT2D eigenvalue weighted by Gasteiger charge is 2.14. The Labute approximate surface area is 109 Å². The molecule has 8 nitrogen and oxygen atoms in total. The van der Waals surface area contributed by atoms with Crippen LogP contribution in [0.4, 0.5) is 4.79 Å². The van der Waals surface area contributed by atoms with E-state index in [2.05, 4.69) is 10.6 Å². The number of unbranched alkanes of at least 4 members (excludes halogenated alkanes) is 1. The molecule has 0 heterocycles. The Morgan fingerprint density at radius 2 is 2.11 bits per heavy atom. The van der Waals surface area contributed by atoms with Crippen molar-refractivity contribution in [2.75, 3.05) is 19.0 Å². The van der Waals surface area contributed by atoms with E-state index in [4.69, 9.17) is 22.4 Å². The molecular weight excluding hydrogens is 264 g/mol. The van der Waals surface area contributed by atoms with Gasteiger partial charge in [0, 0.05) is 19.0 Å². The number of aliphatic carboxylic acids is 1. The number of hydrogen-bond acceptors (Lipinski definition) is 5. The number of carbonyl (C=O) groups excluding carboxylic acids is 1. The van der Waals surface area contributed by atoms with Crippen molar-refractivity contribution in [3.63, 3.8) is 0 Å². The number of carboxylic acids is 1. The first-order valence-corrected chi connectivity index (χ1v) is 5.99. The highest BCUT2D eigenvalue weighted by molar-refractivity contribution is 6.18. The van der Waals surface area contributed by atoms with E-state index in [-0.39, 0.29) is 25.4 Å². The lowest BCUT2D eigenvalue weighted by Crippen LogP contribution is -2.38. The Hall–Kier alpha value is -1.41. The molecule has 0 aliphatic carbocycles. The van der Waals surface area contributed by atoms with Crippen molar-refractivity contribution >= 4 is 23.6 Å². The second-order valence-electron chi connectivity index (χ2n) is 3.57. The number of nitrogens with one attached hydrogen (secondary N) is 1. The maximum absolute atomic E-state index is 11.3. The molecule has 0 aliphatic rings. The Balaban J connectivity index is 3.83. The summed E-state index contributed by atoms with van der Waals surface area (Å²) in [5.41, 5.74) is 5.30. The van der Waals surface area contributed by atoms with Crippen LogP contribution in [0.2, 0.25) is 0 Å². The quantitative estimate of drug-likeness (QED) is 0.245. The highest BCUT2D eigenvalue weighted by Crippen LogP contribution is 2.02. The van der Waals surface area contributed by atoms with Gasteiger partial charge in [-0.25, -0.2) is 4.79 Å². The van der Waals surface area contributed by atoms with Gasteiger partial charge in [0.15, 0.2) is 0 Å². The number of nitrogens with two attached hydrogens (primary N) is 1.